The molecule has 1 aromatic rings. The molecule has 0 fully saturated rings. The third-order valence-corrected chi connectivity index (χ3v) is 1.31. The number of nitrogens with one attached hydrogen (secondary N) is 1. The smallest absolute Gasteiger partial charge is 0.140 e. The van der Waals surface area contributed by atoms with Gasteiger partial charge >= 0.3 is 0 Å². The normalized spacial score (nSPS) is 9.70. The van der Waals surface area contributed by atoms with E-state index in [0.29, 0.717) is 12.8 Å². The lowest BCUT2D eigenvalue weighted by Crippen LogP contribution is -2.01. The van der Waals surface area contributed by atoms with Gasteiger partial charge in [-0.2, -0.15) is 0 Å². The maximum atomic E-state index is 10.8. The molecule has 0 unspecified atom stereocenters. The third-order valence-electron chi connectivity index (χ3n) is 1.31. The number of H-pyrrole nitrogens is 1. The van der Waals surface area contributed by atoms with Gasteiger partial charge < -0.3 is 4.98 Å². The highest BCUT2D eigenvalue weighted by molar-refractivity contribution is 5.79. The van der Waals surface area contributed by atoms with Crippen LogP contribution in [-0.2, 0) is 11.2 Å². The van der Waals surface area contributed by atoms with E-state index in [1.54, 1.807) is 12.4 Å². The fraction of sp³-hybridized carbons (Fsp3) is 0.429. The Kier molecular flexibility index (Phi) is 2.20. The van der Waals surface area contributed by atoms with Crippen molar-refractivity contribution in [2.75, 3.05) is 0 Å². The monoisotopic (exact) mass is 138 g/mol. The Labute approximate surface area is 59.5 Å². The van der Waals surface area contributed by atoms with Crippen LogP contribution < -0.4 is 0 Å². The molecule has 0 radical (unpaired) electrons. The van der Waals surface area contributed by atoms with Crippen molar-refractivity contribution in [3.8, 4) is 0 Å². The average Bonchev–Trinajstić information content (AvgIpc) is 2.40. The van der Waals surface area contributed by atoms with Crippen LogP contribution in [0.2, 0.25) is 0 Å². The van der Waals surface area contributed by atoms with E-state index in [9.17, 15) is 4.79 Å². The lowest BCUT2D eigenvalue weighted by atomic mass is 10.2. The number of carbonyl (C=O) groups excluding carboxylic acids is 1. The molecular weight excluding hydrogens is 128 g/mol. The standard InChI is InChI=1S/C7H10N2O/c1-2-6(10)5-7-8-3-4-9-7/h3-4H,2,5H2,1H3,(H,8,9). The van der Waals surface area contributed by atoms with Crippen molar-refractivity contribution in [2.24, 2.45) is 0 Å². The minimum absolute atomic E-state index is 0.218. The number of rotatable bonds is 3. The lowest BCUT2D eigenvalue weighted by Gasteiger charge is -1.90. The second-order valence-corrected chi connectivity index (χ2v) is 2.10. The van der Waals surface area contributed by atoms with E-state index in [1.165, 1.54) is 0 Å². The van der Waals surface area contributed by atoms with Gasteiger partial charge in [-0.15, -0.1) is 0 Å². The number of carbonyl (C=O) groups is 1. The topological polar surface area (TPSA) is 45.8 Å². The fourth-order valence-electron chi connectivity index (χ4n) is 0.706. The highest BCUT2D eigenvalue weighted by atomic mass is 16.1. The Bertz CT molecular complexity index is 203. The molecule has 3 heteroatoms. The Morgan fingerprint density at radius 3 is 3.10 bits per heavy atom. The Balaban J connectivity index is 2.48. The summed E-state index contributed by atoms with van der Waals surface area (Å²) in [5.41, 5.74) is 0. The summed E-state index contributed by atoms with van der Waals surface area (Å²) in [6.07, 6.45) is 4.39. The Morgan fingerprint density at radius 1 is 1.80 bits per heavy atom. The minimum atomic E-state index is 0.218. The number of hydrogen-bond donors (Lipinski definition) is 1. The summed E-state index contributed by atoms with van der Waals surface area (Å²) >= 11 is 0. The molecule has 1 N–H and O–H groups in total. The van der Waals surface area contributed by atoms with E-state index in [0.717, 1.165) is 5.82 Å². The first kappa shape index (κ1) is 6.99. The molecule has 10 heavy (non-hydrogen) atoms. The van der Waals surface area contributed by atoms with Crippen LogP contribution in [0.1, 0.15) is 19.2 Å². The first-order valence-corrected chi connectivity index (χ1v) is 3.33. The van der Waals surface area contributed by atoms with E-state index in [2.05, 4.69) is 9.97 Å². The molecule has 0 aromatic carbocycles. The van der Waals surface area contributed by atoms with Crippen molar-refractivity contribution in [3.63, 3.8) is 0 Å². The molecule has 0 saturated carbocycles. The lowest BCUT2D eigenvalue weighted by molar-refractivity contribution is -0.118. The number of ketones is 1. The average molecular weight is 138 g/mol. The molecule has 1 heterocycles. The zero-order valence-electron chi connectivity index (χ0n) is 5.92. The van der Waals surface area contributed by atoms with Gasteiger partial charge in [0.15, 0.2) is 0 Å². The second-order valence-electron chi connectivity index (χ2n) is 2.10. The molecule has 1 aromatic heterocycles. The summed E-state index contributed by atoms with van der Waals surface area (Å²) in [6, 6.07) is 0. The highest BCUT2D eigenvalue weighted by Gasteiger charge is 2.00. The molecule has 0 aliphatic rings. The van der Waals surface area contributed by atoms with Crippen LogP contribution in [-0.4, -0.2) is 15.8 Å². The SMILES string of the molecule is CCC(=O)Cc1ncc[nH]1. The van der Waals surface area contributed by atoms with E-state index in [-0.39, 0.29) is 5.78 Å². The minimum Gasteiger partial charge on any atom is -0.348 e. The molecule has 54 valence electrons. The van der Waals surface area contributed by atoms with E-state index in [1.807, 2.05) is 6.92 Å². The van der Waals surface area contributed by atoms with Crippen molar-refractivity contribution in [1.29, 1.82) is 0 Å². The van der Waals surface area contributed by atoms with Gasteiger partial charge in [-0.3, -0.25) is 4.79 Å². The van der Waals surface area contributed by atoms with Crippen LogP contribution in [0.15, 0.2) is 12.4 Å². The first-order chi connectivity index (χ1) is 4.83. The van der Waals surface area contributed by atoms with Gasteiger partial charge in [0, 0.05) is 18.8 Å². The van der Waals surface area contributed by atoms with Crippen molar-refractivity contribution in [3.05, 3.63) is 18.2 Å². The van der Waals surface area contributed by atoms with Crippen LogP contribution in [0.5, 0.6) is 0 Å². The van der Waals surface area contributed by atoms with Gasteiger partial charge in [-0.1, -0.05) is 6.92 Å². The van der Waals surface area contributed by atoms with Crippen molar-refractivity contribution in [1.82, 2.24) is 9.97 Å². The Hall–Kier alpha value is -1.12. The zero-order chi connectivity index (χ0) is 7.40. The van der Waals surface area contributed by atoms with Crippen LogP contribution >= 0.6 is 0 Å². The molecular formula is C7H10N2O. The summed E-state index contributed by atoms with van der Waals surface area (Å²) in [4.78, 5) is 17.6. The maximum absolute atomic E-state index is 10.8. The van der Waals surface area contributed by atoms with E-state index < -0.39 is 0 Å². The van der Waals surface area contributed by atoms with E-state index in [4.69, 9.17) is 0 Å². The van der Waals surface area contributed by atoms with Crippen molar-refractivity contribution >= 4 is 5.78 Å². The van der Waals surface area contributed by atoms with Gasteiger partial charge in [-0.25, -0.2) is 4.98 Å². The predicted octanol–water partition coefficient (Wildman–Crippen LogP) is 0.931. The fourth-order valence-corrected chi connectivity index (χ4v) is 0.706. The van der Waals surface area contributed by atoms with Gasteiger partial charge in [0.05, 0.1) is 6.42 Å². The largest absolute Gasteiger partial charge is 0.348 e. The van der Waals surface area contributed by atoms with Gasteiger partial charge in [-0.05, 0) is 0 Å². The number of aromatic amines is 1. The number of hydrogen-bond acceptors (Lipinski definition) is 2. The number of aromatic nitrogens is 2. The molecule has 3 nitrogen and oxygen atoms in total. The number of Topliss-reactive ketones (excluding diaryl/α,β-unsaturated/α-hetero) is 1. The molecule has 0 saturated heterocycles. The molecule has 0 atom stereocenters. The predicted molar refractivity (Wildman–Crippen MR) is 37.6 cm³/mol. The quantitative estimate of drug-likeness (QED) is 0.675. The summed E-state index contributed by atoms with van der Waals surface area (Å²) in [7, 11) is 0. The van der Waals surface area contributed by atoms with Crippen molar-refractivity contribution < 1.29 is 4.79 Å². The molecule has 0 spiro atoms. The zero-order valence-corrected chi connectivity index (χ0v) is 5.92. The molecule has 0 amide bonds. The molecule has 0 aliphatic carbocycles. The molecule has 1 rings (SSSR count). The first-order valence-electron chi connectivity index (χ1n) is 3.33. The highest BCUT2D eigenvalue weighted by Crippen LogP contribution is 1.93. The van der Waals surface area contributed by atoms with Crippen LogP contribution in [0, 0.1) is 0 Å². The summed E-state index contributed by atoms with van der Waals surface area (Å²) in [5, 5.41) is 0. The number of nitrogens with zero attached hydrogens (tertiary/aromatic N) is 1. The summed E-state index contributed by atoms with van der Waals surface area (Å²) < 4.78 is 0. The summed E-state index contributed by atoms with van der Waals surface area (Å²) in [5.74, 6) is 0.974. The van der Waals surface area contributed by atoms with Crippen LogP contribution in [0.4, 0.5) is 0 Å². The number of imidazole rings is 1. The third kappa shape index (κ3) is 1.69. The summed E-state index contributed by atoms with van der Waals surface area (Å²) in [6.45, 7) is 1.85. The van der Waals surface area contributed by atoms with Crippen molar-refractivity contribution in [2.45, 2.75) is 19.8 Å². The maximum Gasteiger partial charge on any atom is 0.140 e. The van der Waals surface area contributed by atoms with Gasteiger partial charge in [0.25, 0.3) is 0 Å². The van der Waals surface area contributed by atoms with E-state index >= 15 is 0 Å². The van der Waals surface area contributed by atoms with Crippen LogP contribution in [0.3, 0.4) is 0 Å². The second kappa shape index (κ2) is 3.15. The van der Waals surface area contributed by atoms with Crippen LogP contribution in [0.25, 0.3) is 0 Å². The van der Waals surface area contributed by atoms with Gasteiger partial charge in [0.2, 0.25) is 0 Å². The molecule has 0 bridgehead atoms. The molecule has 0 aliphatic heterocycles. The van der Waals surface area contributed by atoms with Gasteiger partial charge in [0.1, 0.15) is 11.6 Å². The Morgan fingerprint density at radius 2 is 2.60 bits per heavy atom.